The number of pyridine rings is 1. The third kappa shape index (κ3) is 4.57. The molecule has 8 heteroatoms. The van der Waals surface area contributed by atoms with E-state index in [9.17, 15) is 5.26 Å². The molecule has 0 amide bonds. The number of hydrogen-bond acceptors (Lipinski definition) is 6. The van der Waals surface area contributed by atoms with Crippen LogP contribution in [-0.2, 0) is 0 Å². The lowest BCUT2D eigenvalue weighted by Gasteiger charge is -2.18. The van der Waals surface area contributed by atoms with Gasteiger partial charge >= 0.3 is 0 Å². The molecule has 4 rings (SSSR count). The summed E-state index contributed by atoms with van der Waals surface area (Å²) in [5.41, 5.74) is 5.36. The first kappa shape index (κ1) is 21.8. The number of nitrogens with one attached hydrogen (secondary N) is 1. The number of nitriles is 1. The van der Waals surface area contributed by atoms with E-state index in [1.165, 1.54) is 0 Å². The summed E-state index contributed by atoms with van der Waals surface area (Å²) < 4.78 is 1.76. The third-order valence-corrected chi connectivity index (χ3v) is 5.19. The van der Waals surface area contributed by atoms with Crippen molar-refractivity contribution in [1.82, 2.24) is 24.5 Å². The largest absolute Gasteiger partial charge is 0.366 e. The number of fused-ring (bicyclic) bond motifs is 1. The molecule has 32 heavy (non-hydrogen) atoms. The molecular formula is C24H24ClN7. The number of aromatic nitrogens is 4. The van der Waals surface area contributed by atoms with E-state index in [4.69, 9.17) is 21.7 Å². The fraction of sp³-hybridized carbons (Fsp3) is 0.250. The Hall–Kier alpha value is -3.47. The van der Waals surface area contributed by atoms with Crippen molar-refractivity contribution >= 4 is 23.1 Å². The molecule has 0 spiro atoms. The molecule has 0 bridgehead atoms. The molecule has 3 aromatic heterocycles. The minimum Gasteiger partial charge on any atom is -0.366 e. The lowest BCUT2D eigenvalue weighted by Crippen LogP contribution is -2.29. The highest BCUT2D eigenvalue weighted by molar-refractivity contribution is 6.29. The molecule has 0 aliphatic carbocycles. The zero-order valence-corrected chi connectivity index (χ0v) is 19.2. The second-order valence-corrected chi connectivity index (χ2v) is 8.51. The first-order chi connectivity index (χ1) is 15.3. The van der Waals surface area contributed by atoms with Crippen molar-refractivity contribution in [1.29, 1.82) is 5.26 Å². The Kier molecular flexibility index (Phi) is 6.08. The maximum absolute atomic E-state index is 9.37. The fourth-order valence-electron chi connectivity index (χ4n) is 3.83. The van der Waals surface area contributed by atoms with E-state index in [0.717, 1.165) is 40.4 Å². The van der Waals surface area contributed by atoms with Gasteiger partial charge in [0.25, 0.3) is 0 Å². The van der Waals surface area contributed by atoms with Crippen LogP contribution in [0.15, 0.2) is 48.7 Å². The Morgan fingerprint density at radius 2 is 1.97 bits per heavy atom. The van der Waals surface area contributed by atoms with Crippen LogP contribution in [0.25, 0.3) is 28.0 Å². The molecule has 162 valence electrons. The van der Waals surface area contributed by atoms with E-state index in [1.807, 2.05) is 63.6 Å². The maximum atomic E-state index is 9.37. The molecule has 3 heterocycles. The number of anilines is 1. The van der Waals surface area contributed by atoms with Crippen molar-refractivity contribution in [2.75, 3.05) is 26.0 Å². The van der Waals surface area contributed by atoms with Gasteiger partial charge in [0.1, 0.15) is 16.7 Å². The Morgan fingerprint density at radius 3 is 2.69 bits per heavy atom. The van der Waals surface area contributed by atoms with E-state index < -0.39 is 0 Å². The molecule has 1 atom stereocenters. The van der Waals surface area contributed by atoms with Crippen LogP contribution in [0.3, 0.4) is 0 Å². The van der Waals surface area contributed by atoms with Gasteiger partial charge in [-0.2, -0.15) is 10.4 Å². The van der Waals surface area contributed by atoms with Crippen LogP contribution >= 0.6 is 11.6 Å². The molecule has 1 N–H and O–H groups in total. The zero-order chi connectivity index (χ0) is 22.8. The highest BCUT2D eigenvalue weighted by Gasteiger charge is 2.20. The van der Waals surface area contributed by atoms with E-state index >= 15 is 0 Å². The zero-order valence-electron chi connectivity index (χ0n) is 18.5. The highest BCUT2D eigenvalue weighted by Crippen LogP contribution is 2.36. The Labute approximate surface area is 192 Å². The van der Waals surface area contributed by atoms with E-state index in [-0.39, 0.29) is 6.04 Å². The molecular weight excluding hydrogens is 422 g/mol. The van der Waals surface area contributed by atoms with Crippen molar-refractivity contribution in [3.63, 3.8) is 0 Å². The summed E-state index contributed by atoms with van der Waals surface area (Å²) in [5, 5.41) is 18.0. The summed E-state index contributed by atoms with van der Waals surface area (Å²) in [6, 6.07) is 15.5. The molecule has 1 aromatic carbocycles. The van der Waals surface area contributed by atoms with Gasteiger partial charge in [0.2, 0.25) is 0 Å². The summed E-state index contributed by atoms with van der Waals surface area (Å²) in [6.45, 7) is 4.90. The minimum atomic E-state index is 0.218. The second kappa shape index (κ2) is 8.95. The number of likely N-dealkylation sites (N-methyl/N-ethyl adjacent to an activating group) is 1. The SMILES string of the molecule is Cc1cc(-c2c(-c3cccc(C#N)c3)nn3ccc(NC(C)CN(C)C)nc23)cc(Cl)n1. The summed E-state index contributed by atoms with van der Waals surface area (Å²) >= 11 is 6.29. The van der Waals surface area contributed by atoms with Gasteiger partial charge in [0, 0.05) is 30.0 Å². The fourth-order valence-corrected chi connectivity index (χ4v) is 4.08. The van der Waals surface area contributed by atoms with Crippen molar-refractivity contribution in [3.05, 3.63) is 65.1 Å². The second-order valence-electron chi connectivity index (χ2n) is 8.12. The number of aryl methyl sites for hydroxylation is 1. The predicted octanol–water partition coefficient (Wildman–Crippen LogP) is 4.65. The van der Waals surface area contributed by atoms with Crippen molar-refractivity contribution in [3.8, 4) is 28.5 Å². The van der Waals surface area contributed by atoms with Crippen LogP contribution in [0.4, 0.5) is 5.82 Å². The Bertz CT molecular complexity index is 1300. The number of nitrogens with zero attached hydrogens (tertiary/aromatic N) is 6. The number of halogens is 1. The first-order valence-corrected chi connectivity index (χ1v) is 10.7. The number of rotatable bonds is 6. The third-order valence-electron chi connectivity index (χ3n) is 4.99. The summed E-state index contributed by atoms with van der Waals surface area (Å²) in [6.07, 6.45) is 1.89. The highest BCUT2D eigenvalue weighted by atomic mass is 35.5. The van der Waals surface area contributed by atoms with Gasteiger partial charge in [-0.1, -0.05) is 23.7 Å². The predicted molar refractivity (Wildman–Crippen MR) is 128 cm³/mol. The molecule has 0 aliphatic heterocycles. The maximum Gasteiger partial charge on any atom is 0.165 e. The van der Waals surface area contributed by atoms with Gasteiger partial charge in [-0.3, -0.25) is 0 Å². The normalized spacial score (nSPS) is 12.2. The van der Waals surface area contributed by atoms with Crippen molar-refractivity contribution in [2.45, 2.75) is 19.9 Å². The van der Waals surface area contributed by atoms with Gasteiger partial charge in [-0.05, 0) is 63.8 Å². The van der Waals surface area contributed by atoms with Gasteiger partial charge in [-0.15, -0.1) is 0 Å². The Balaban J connectivity index is 1.91. The molecule has 0 fully saturated rings. The van der Waals surface area contributed by atoms with Crippen molar-refractivity contribution in [2.24, 2.45) is 0 Å². The van der Waals surface area contributed by atoms with Gasteiger partial charge in [0.15, 0.2) is 5.65 Å². The number of hydrogen-bond donors (Lipinski definition) is 1. The van der Waals surface area contributed by atoms with Gasteiger partial charge < -0.3 is 10.2 Å². The van der Waals surface area contributed by atoms with E-state index in [2.05, 4.69) is 28.2 Å². The van der Waals surface area contributed by atoms with E-state index in [1.54, 1.807) is 10.6 Å². The van der Waals surface area contributed by atoms with Crippen LogP contribution in [0.1, 0.15) is 18.2 Å². The summed E-state index contributed by atoms with van der Waals surface area (Å²) in [5.74, 6) is 0.766. The van der Waals surface area contributed by atoms with Gasteiger partial charge in [-0.25, -0.2) is 14.5 Å². The lowest BCUT2D eigenvalue weighted by molar-refractivity contribution is 0.392. The Morgan fingerprint density at radius 1 is 1.16 bits per heavy atom. The van der Waals surface area contributed by atoms with Crippen LogP contribution in [0, 0.1) is 18.3 Å². The molecule has 7 nitrogen and oxygen atoms in total. The standard InChI is InChI=1S/C24H24ClN7/c1-15-10-19(12-20(25)27-15)22-23(18-7-5-6-17(11-18)13-26)30-32-9-8-21(29-24(22)32)28-16(2)14-31(3)4/h5-12,16H,14H2,1-4H3,(H,28,29). The first-order valence-electron chi connectivity index (χ1n) is 10.3. The molecule has 0 aliphatic rings. The molecule has 0 saturated heterocycles. The molecule has 0 saturated carbocycles. The monoisotopic (exact) mass is 445 g/mol. The van der Waals surface area contributed by atoms with E-state index in [0.29, 0.717) is 16.4 Å². The van der Waals surface area contributed by atoms with Crippen LogP contribution in [0.5, 0.6) is 0 Å². The summed E-state index contributed by atoms with van der Waals surface area (Å²) in [4.78, 5) is 11.3. The van der Waals surface area contributed by atoms with Crippen molar-refractivity contribution < 1.29 is 0 Å². The number of benzene rings is 1. The van der Waals surface area contributed by atoms with Crippen LogP contribution < -0.4 is 5.32 Å². The average molecular weight is 446 g/mol. The van der Waals surface area contributed by atoms with Gasteiger partial charge in [0.05, 0.1) is 17.2 Å². The minimum absolute atomic E-state index is 0.218. The smallest absolute Gasteiger partial charge is 0.165 e. The molecule has 1 unspecified atom stereocenters. The lowest BCUT2D eigenvalue weighted by atomic mass is 10.00. The molecule has 0 radical (unpaired) electrons. The van der Waals surface area contributed by atoms with Crippen LogP contribution in [-0.4, -0.2) is 51.2 Å². The van der Waals surface area contributed by atoms with Crippen LogP contribution in [0.2, 0.25) is 5.15 Å². The molecule has 4 aromatic rings. The summed E-state index contributed by atoms with van der Waals surface area (Å²) in [7, 11) is 4.09. The topological polar surface area (TPSA) is 82.1 Å². The average Bonchev–Trinajstić information content (AvgIpc) is 3.11. The quantitative estimate of drug-likeness (QED) is 0.435.